The fourth-order valence-electron chi connectivity index (χ4n) is 1.69. The molecule has 0 heterocycles. The molecule has 1 nitrogen and oxygen atoms in total. The Hall–Kier alpha value is -1.45. The van der Waals surface area contributed by atoms with Crippen molar-refractivity contribution < 1.29 is 44.3 Å². The number of rotatable bonds is 5. The Kier molecular flexibility index (Phi) is 5.25. The van der Waals surface area contributed by atoms with E-state index in [4.69, 9.17) is 11.6 Å². The second-order valence-corrected chi connectivity index (χ2v) is 5.12. The molecular weight excluding hydrogens is 379 g/mol. The van der Waals surface area contributed by atoms with Gasteiger partial charge in [0.1, 0.15) is 0 Å². The van der Waals surface area contributed by atoms with Gasteiger partial charge in [-0.3, -0.25) is 4.79 Å². The zero-order chi connectivity index (χ0) is 19.1. The number of hydrogen-bond donors (Lipinski definition) is 0. The van der Waals surface area contributed by atoms with Gasteiger partial charge < -0.3 is 0 Å². The summed E-state index contributed by atoms with van der Waals surface area (Å²) in [4.78, 5) is 11.5. The number of aryl methyl sites for hydroxylation is 1. The Bertz CT molecular complexity index is 637. The molecule has 0 amide bonds. The van der Waals surface area contributed by atoms with E-state index >= 15 is 0 Å². The normalized spacial score (nSPS) is 14.0. The van der Waals surface area contributed by atoms with E-state index in [0.29, 0.717) is 12.1 Å². The van der Waals surface area contributed by atoms with Gasteiger partial charge in [-0.25, -0.2) is 0 Å². The maximum Gasteiger partial charge on any atom is 0.460 e. The molecule has 0 radical (unpaired) electrons. The number of benzene rings is 1. The van der Waals surface area contributed by atoms with Crippen molar-refractivity contribution in [2.45, 2.75) is 37.3 Å². The van der Waals surface area contributed by atoms with E-state index in [1.54, 1.807) is 0 Å². The molecule has 0 fully saturated rings. The number of ketones is 1. The molecule has 1 aromatic rings. The molecule has 0 unspecified atom stereocenters. The van der Waals surface area contributed by atoms with E-state index in [-0.39, 0.29) is 17.0 Å². The Labute approximate surface area is 134 Å². The Balaban J connectivity index is 3.40. The van der Waals surface area contributed by atoms with Gasteiger partial charge in [-0.2, -0.15) is 39.5 Å². The smallest absolute Gasteiger partial charge is 0.287 e. The SMILES string of the molecule is CCc1cc(C(=O)C(F)(F)C(F)(F)C(F)(F)C(F)(F)F)ccc1Cl. The molecule has 0 aromatic heterocycles. The molecule has 1 aromatic carbocycles. The van der Waals surface area contributed by atoms with Gasteiger partial charge in [0.25, 0.3) is 0 Å². The predicted molar refractivity (Wildman–Crippen MR) is 66.1 cm³/mol. The second kappa shape index (κ2) is 6.12. The standard InChI is InChI=1S/C13H8ClF9O/c1-2-6-5-7(3-4-8(6)14)9(24)10(15,16)11(17,18)12(19,20)13(21,22)23/h3-5H,2H2,1H3. The van der Waals surface area contributed by atoms with Crippen LogP contribution in [0.25, 0.3) is 0 Å². The maximum atomic E-state index is 13.5. The minimum absolute atomic E-state index is 0.0234. The molecule has 11 heteroatoms. The molecule has 0 saturated carbocycles. The maximum absolute atomic E-state index is 13.5. The highest BCUT2D eigenvalue weighted by atomic mass is 35.5. The quantitative estimate of drug-likeness (QED) is 0.479. The van der Waals surface area contributed by atoms with Crippen LogP contribution < -0.4 is 0 Å². The highest BCUT2D eigenvalue weighted by molar-refractivity contribution is 6.31. The van der Waals surface area contributed by atoms with Crippen molar-refractivity contribution in [1.29, 1.82) is 0 Å². The monoisotopic (exact) mass is 386 g/mol. The van der Waals surface area contributed by atoms with E-state index in [1.165, 1.54) is 6.92 Å². The third kappa shape index (κ3) is 3.07. The molecule has 0 atom stereocenters. The van der Waals surface area contributed by atoms with Crippen molar-refractivity contribution in [3.63, 3.8) is 0 Å². The second-order valence-electron chi connectivity index (χ2n) is 4.71. The third-order valence-electron chi connectivity index (χ3n) is 3.12. The first-order valence-corrected chi connectivity index (χ1v) is 6.52. The highest BCUT2D eigenvalue weighted by Gasteiger charge is 2.83. The molecule has 0 aliphatic heterocycles. The first kappa shape index (κ1) is 20.6. The lowest BCUT2D eigenvalue weighted by molar-refractivity contribution is -0.386. The van der Waals surface area contributed by atoms with Crippen LogP contribution in [0.5, 0.6) is 0 Å². The van der Waals surface area contributed by atoms with Crippen molar-refractivity contribution in [2.24, 2.45) is 0 Å². The Morgan fingerprint density at radius 2 is 1.46 bits per heavy atom. The molecule has 1 rings (SSSR count). The fraction of sp³-hybridized carbons (Fsp3) is 0.462. The zero-order valence-corrected chi connectivity index (χ0v) is 12.4. The molecule has 0 N–H and O–H groups in total. The summed E-state index contributed by atoms with van der Waals surface area (Å²) in [5.74, 6) is -23.3. The largest absolute Gasteiger partial charge is 0.460 e. The lowest BCUT2D eigenvalue weighted by Gasteiger charge is -2.32. The molecule has 0 spiro atoms. The first-order valence-electron chi connectivity index (χ1n) is 6.14. The topological polar surface area (TPSA) is 17.1 Å². The van der Waals surface area contributed by atoms with Gasteiger partial charge in [0.2, 0.25) is 5.78 Å². The average Bonchev–Trinajstić information content (AvgIpc) is 2.45. The average molecular weight is 387 g/mol. The van der Waals surface area contributed by atoms with Crippen molar-refractivity contribution in [2.75, 3.05) is 0 Å². The van der Waals surface area contributed by atoms with Crippen LogP contribution in [0.4, 0.5) is 39.5 Å². The van der Waals surface area contributed by atoms with Crippen LogP contribution in [-0.2, 0) is 6.42 Å². The number of Topliss-reactive ketones (excluding diaryl/α,β-unsaturated/α-hetero) is 1. The van der Waals surface area contributed by atoms with Gasteiger partial charge in [0.05, 0.1) is 0 Å². The Morgan fingerprint density at radius 3 is 1.88 bits per heavy atom. The van der Waals surface area contributed by atoms with Gasteiger partial charge in [-0.15, -0.1) is 0 Å². The van der Waals surface area contributed by atoms with E-state index in [0.717, 1.165) is 6.07 Å². The number of halogens is 10. The summed E-state index contributed by atoms with van der Waals surface area (Å²) in [5, 5.41) is -0.0234. The van der Waals surface area contributed by atoms with Gasteiger partial charge in [-0.05, 0) is 30.2 Å². The minimum Gasteiger partial charge on any atom is -0.287 e. The van der Waals surface area contributed by atoms with Gasteiger partial charge in [-0.1, -0.05) is 18.5 Å². The van der Waals surface area contributed by atoms with Crippen LogP contribution in [-0.4, -0.2) is 29.7 Å². The summed E-state index contributed by atoms with van der Waals surface area (Å²) in [6.45, 7) is 1.46. The van der Waals surface area contributed by atoms with E-state index in [1.807, 2.05) is 0 Å². The number of alkyl halides is 9. The fourth-order valence-corrected chi connectivity index (χ4v) is 1.94. The van der Waals surface area contributed by atoms with E-state index in [2.05, 4.69) is 0 Å². The first-order chi connectivity index (χ1) is 10.6. The van der Waals surface area contributed by atoms with Crippen LogP contribution in [0.2, 0.25) is 5.02 Å². The van der Waals surface area contributed by atoms with Gasteiger partial charge in [0, 0.05) is 10.6 Å². The summed E-state index contributed by atoms with van der Waals surface area (Å²) in [6.07, 6.45) is -6.91. The molecule has 0 aliphatic carbocycles. The lowest BCUT2D eigenvalue weighted by Crippen LogP contribution is -2.63. The van der Waals surface area contributed by atoms with Crippen molar-refractivity contribution >= 4 is 17.4 Å². The van der Waals surface area contributed by atoms with Crippen LogP contribution in [0, 0.1) is 0 Å². The van der Waals surface area contributed by atoms with Crippen molar-refractivity contribution in [3.8, 4) is 0 Å². The van der Waals surface area contributed by atoms with Crippen LogP contribution in [0.3, 0.4) is 0 Å². The molecule has 0 bridgehead atoms. The van der Waals surface area contributed by atoms with E-state index < -0.39 is 35.3 Å². The lowest BCUT2D eigenvalue weighted by atomic mass is 9.94. The van der Waals surface area contributed by atoms with Crippen molar-refractivity contribution in [3.05, 3.63) is 34.3 Å². The van der Waals surface area contributed by atoms with Gasteiger partial charge in [0.15, 0.2) is 0 Å². The third-order valence-corrected chi connectivity index (χ3v) is 3.49. The molecule has 0 saturated heterocycles. The van der Waals surface area contributed by atoms with Crippen molar-refractivity contribution in [1.82, 2.24) is 0 Å². The highest BCUT2D eigenvalue weighted by Crippen LogP contribution is 2.53. The Morgan fingerprint density at radius 1 is 0.958 bits per heavy atom. The number of carbonyl (C=O) groups excluding carboxylic acids is 1. The van der Waals surface area contributed by atoms with E-state index in [9.17, 15) is 44.3 Å². The summed E-state index contributed by atoms with van der Waals surface area (Å²) in [5.41, 5.74) is -1.12. The minimum atomic E-state index is -7.11. The molecule has 0 aliphatic rings. The number of carbonyl (C=O) groups is 1. The zero-order valence-electron chi connectivity index (χ0n) is 11.6. The summed E-state index contributed by atoms with van der Waals surface area (Å²) < 4.78 is 115. The predicted octanol–water partition coefficient (Wildman–Crippen LogP) is 5.55. The molecule has 136 valence electrons. The van der Waals surface area contributed by atoms with Crippen LogP contribution in [0.15, 0.2) is 18.2 Å². The summed E-state index contributed by atoms with van der Waals surface area (Å²) >= 11 is 5.62. The summed E-state index contributed by atoms with van der Waals surface area (Å²) in [6, 6.07) is 2.02. The van der Waals surface area contributed by atoms with Crippen LogP contribution in [0.1, 0.15) is 22.8 Å². The summed E-state index contributed by atoms with van der Waals surface area (Å²) in [7, 11) is 0. The number of hydrogen-bond acceptors (Lipinski definition) is 1. The molecular formula is C13H8ClF9O. The van der Waals surface area contributed by atoms with Crippen LogP contribution >= 0.6 is 11.6 Å². The molecule has 24 heavy (non-hydrogen) atoms. The van der Waals surface area contributed by atoms with Gasteiger partial charge >= 0.3 is 23.9 Å².